The van der Waals surface area contributed by atoms with Crippen molar-refractivity contribution in [2.75, 3.05) is 32.6 Å². The van der Waals surface area contributed by atoms with E-state index in [4.69, 9.17) is 16.3 Å². The van der Waals surface area contributed by atoms with Crippen LogP contribution in [0.2, 0.25) is 5.02 Å². The maximum Gasteiger partial charge on any atom is 0.321 e. The molecule has 1 aliphatic heterocycles. The first-order valence-electron chi connectivity index (χ1n) is 9.66. The monoisotopic (exact) mass is 415 g/mol. The van der Waals surface area contributed by atoms with Crippen molar-refractivity contribution in [2.45, 2.75) is 19.4 Å². The Labute approximate surface area is 176 Å². The number of urea groups is 1. The second-order valence-corrected chi connectivity index (χ2v) is 7.64. The number of carbonyl (C=O) groups excluding carboxylic acids is 2. The Morgan fingerprint density at radius 2 is 1.86 bits per heavy atom. The van der Waals surface area contributed by atoms with Gasteiger partial charge >= 0.3 is 6.03 Å². The number of nitrogens with one attached hydrogen (secondary N) is 1. The van der Waals surface area contributed by atoms with Crippen molar-refractivity contribution in [3.63, 3.8) is 0 Å². The van der Waals surface area contributed by atoms with E-state index in [0.717, 1.165) is 11.3 Å². The third-order valence-electron chi connectivity index (χ3n) is 5.18. The van der Waals surface area contributed by atoms with Gasteiger partial charge in [-0.1, -0.05) is 29.8 Å². The van der Waals surface area contributed by atoms with Gasteiger partial charge in [0.1, 0.15) is 5.75 Å². The number of halogens is 1. The molecule has 3 rings (SSSR count). The highest BCUT2D eigenvalue weighted by molar-refractivity contribution is 6.30. The zero-order chi connectivity index (χ0) is 20.8. The van der Waals surface area contributed by atoms with E-state index in [2.05, 4.69) is 5.32 Å². The molecule has 1 fully saturated rings. The Morgan fingerprint density at radius 3 is 2.52 bits per heavy atom. The number of methoxy groups -OCH3 is 1. The minimum atomic E-state index is -0.126. The van der Waals surface area contributed by atoms with Crippen molar-refractivity contribution in [1.29, 1.82) is 0 Å². The number of amides is 3. The van der Waals surface area contributed by atoms with Crippen molar-refractivity contribution >= 4 is 29.2 Å². The molecule has 0 bridgehead atoms. The fraction of sp³-hybridized carbons (Fsp3) is 0.364. The van der Waals surface area contributed by atoms with E-state index in [1.54, 1.807) is 36.1 Å². The number of anilines is 1. The van der Waals surface area contributed by atoms with Crippen molar-refractivity contribution in [3.8, 4) is 5.75 Å². The van der Waals surface area contributed by atoms with Gasteiger partial charge in [-0.15, -0.1) is 0 Å². The molecule has 29 heavy (non-hydrogen) atoms. The molecule has 0 aliphatic carbocycles. The van der Waals surface area contributed by atoms with Crippen LogP contribution in [-0.2, 0) is 11.3 Å². The molecular formula is C22H26ClN3O3. The highest BCUT2D eigenvalue weighted by atomic mass is 35.5. The molecule has 1 saturated heterocycles. The SMILES string of the molecule is COc1ccc(Cl)cc1CN(C)C(=O)C1CCN(C(=O)Nc2ccccc2)CC1. The molecule has 0 aromatic heterocycles. The van der Waals surface area contributed by atoms with Crippen LogP contribution in [0.15, 0.2) is 48.5 Å². The number of ether oxygens (including phenoxy) is 1. The lowest BCUT2D eigenvalue weighted by Gasteiger charge is -2.33. The predicted molar refractivity (Wildman–Crippen MR) is 114 cm³/mol. The first kappa shape index (κ1) is 21.0. The minimum absolute atomic E-state index is 0.0788. The summed E-state index contributed by atoms with van der Waals surface area (Å²) in [5.41, 5.74) is 1.64. The third-order valence-corrected chi connectivity index (χ3v) is 5.42. The lowest BCUT2D eigenvalue weighted by atomic mass is 9.95. The van der Waals surface area contributed by atoms with Gasteiger partial charge in [-0.2, -0.15) is 0 Å². The summed E-state index contributed by atoms with van der Waals surface area (Å²) in [7, 11) is 3.39. The Hall–Kier alpha value is -2.73. The molecule has 3 amide bonds. The van der Waals surface area contributed by atoms with Crippen LogP contribution in [0.4, 0.5) is 10.5 Å². The van der Waals surface area contributed by atoms with Crippen LogP contribution in [0.25, 0.3) is 0 Å². The smallest absolute Gasteiger partial charge is 0.321 e. The maximum absolute atomic E-state index is 12.9. The van der Waals surface area contributed by atoms with Gasteiger partial charge in [0.2, 0.25) is 5.91 Å². The highest BCUT2D eigenvalue weighted by Gasteiger charge is 2.29. The van der Waals surface area contributed by atoms with Gasteiger partial charge in [-0.3, -0.25) is 4.79 Å². The van der Waals surface area contributed by atoms with Gasteiger partial charge in [0.15, 0.2) is 0 Å². The number of carbonyl (C=O) groups is 2. The Kier molecular flexibility index (Phi) is 6.99. The maximum atomic E-state index is 12.9. The van der Waals surface area contributed by atoms with Gasteiger partial charge in [0.25, 0.3) is 0 Å². The topological polar surface area (TPSA) is 61.9 Å². The average Bonchev–Trinajstić information content (AvgIpc) is 2.74. The quantitative estimate of drug-likeness (QED) is 0.794. The van der Waals surface area contributed by atoms with Gasteiger partial charge in [0, 0.05) is 48.9 Å². The first-order chi connectivity index (χ1) is 14.0. The third kappa shape index (κ3) is 5.41. The van der Waals surface area contributed by atoms with E-state index in [1.807, 2.05) is 36.4 Å². The highest BCUT2D eigenvalue weighted by Crippen LogP contribution is 2.26. The molecule has 2 aromatic carbocycles. The normalized spacial score (nSPS) is 14.4. The Bertz CT molecular complexity index is 852. The fourth-order valence-corrected chi connectivity index (χ4v) is 3.76. The standard InChI is InChI=1S/C22H26ClN3O3/c1-25(15-17-14-18(23)8-9-20(17)29-2)21(27)16-10-12-26(13-11-16)22(28)24-19-6-4-3-5-7-19/h3-9,14,16H,10-13,15H2,1-2H3,(H,24,28). The second kappa shape index (κ2) is 9.65. The molecule has 1 N–H and O–H groups in total. The van der Waals surface area contributed by atoms with E-state index < -0.39 is 0 Å². The number of nitrogens with zero attached hydrogens (tertiary/aromatic N) is 2. The van der Waals surface area contributed by atoms with Gasteiger partial charge in [-0.25, -0.2) is 4.79 Å². The number of hydrogen-bond donors (Lipinski definition) is 1. The minimum Gasteiger partial charge on any atom is -0.496 e. The molecule has 0 atom stereocenters. The van der Waals surface area contributed by atoms with Crippen molar-refractivity contribution < 1.29 is 14.3 Å². The molecule has 0 spiro atoms. The van der Waals surface area contributed by atoms with E-state index in [-0.39, 0.29) is 17.9 Å². The fourth-order valence-electron chi connectivity index (χ4n) is 3.57. The Morgan fingerprint density at radius 1 is 1.17 bits per heavy atom. The summed E-state index contributed by atoms with van der Waals surface area (Å²) in [4.78, 5) is 28.8. The molecule has 154 valence electrons. The summed E-state index contributed by atoms with van der Waals surface area (Å²) in [6.45, 7) is 1.55. The van der Waals surface area contributed by atoms with Gasteiger partial charge in [-0.05, 0) is 43.2 Å². The van der Waals surface area contributed by atoms with Crippen molar-refractivity contribution in [3.05, 3.63) is 59.1 Å². The number of piperidine rings is 1. The molecule has 0 unspecified atom stereocenters. The lowest BCUT2D eigenvalue weighted by Crippen LogP contribution is -2.44. The molecule has 0 saturated carbocycles. The van der Waals surface area contributed by atoms with E-state index in [0.29, 0.717) is 43.2 Å². The Balaban J connectivity index is 1.53. The van der Waals surface area contributed by atoms with Crippen LogP contribution in [-0.4, -0.2) is 49.0 Å². The second-order valence-electron chi connectivity index (χ2n) is 7.21. The van der Waals surface area contributed by atoms with Crippen LogP contribution in [0.1, 0.15) is 18.4 Å². The zero-order valence-electron chi connectivity index (χ0n) is 16.7. The number of benzene rings is 2. The van der Waals surface area contributed by atoms with Crippen LogP contribution in [0, 0.1) is 5.92 Å². The van der Waals surface area contributed by atoms with E-state index in [1.165, 1.54) is 0 Å². The number of likely N-dealkylation sites (tertiary alicyclic amines) is 1. The molecule has 1 heterocycles. The molecule has 0 radical (unpaired) electrons. The van der Waals surface area contributed by atoms with Crippen molar-refractivity contribution in [1.82, 2.24) is 9.80 Å². The number of para-hydroxylation sites is 1. The lowest BCUT2D eigenvalue weighted by molar-refractivity contribution is -0.136. The van der Waals surface area contributed by atoms with E-state index in [9.17, 15) is 9.59 Å². The van der Waals surface area contributed by atoms with Crippen LogP contribution in [0.5, 0.6) is 5.75 Å². The molecule has 1 aliphatic rings. The molecule has 2 aromatic rings. The molecular weight excluding hydrogens is 390 g/mol. The summed E-state index contributed by atoms with van der Waals surface area (Å²) >= 11 is 6.09. The predicted octanol–water partition coefficient (Wildman–Crippen LogP) is 4.25. The van der Waals surface area contributed by atoms with Crippen LogP contribution < -0.4 is 10.1 Å². The molecule has 7 heteroatoms. The summed E-state index contributed by atoms with van der Waals surface area (Å²) in [6.07, 6.45) is 1.30. The van der Waals surface area contributed by atoms with Gasteiger partial charge in [0.05, 0.1) is 7.11 Å². The molecule has 6 nitrogen and oxygen atoms in total. The average molecular weight is 416 g/mol. The largest absolute Gasteiger partial charge is 0.496 e. The first-order valence-corrected chi connectivity index (χ1v) is 10.0. The zero-order valence-corrected chi connectivity index (χ0v) is 17.5. The summed E-state index contributed by atoms with van der Waals surface area (Å²) in [5, 5.41) is 3.50. The number of rotatable bonds is 5. The van der Waals surface area contributed by atoms with E-state index >= 15 is 0 Å². The van der Waals surface area contributed by atoms with Gasteiger partial charge < -0.3 is 19.9 Å². The number of hydrogen-bond acceptors (Lipinski definition) is 3. The van der Waals surface area contributed by atoms with Crippen LogP contribution >= 0.6 is 11.6 Å². The van der Waals surface area contributed by atoms with Crippen molar-refractivity contribution in [2.24, 2.45) is 5.92 Å². The summed E-state index contributed by atoms with van der Waals surface area (Å²) < 4.78 is 5.37. The summed E-state index contributed by atoms with van der Waals surface area (Å²) in [6, 6.07) is 14.6. The summed E-state index contributed by atoms with van der Waals surface area (Å²) in [5.74, 6) is 0.697. The van der Waals surface area contributed by atoms with Crippen LogP contribution in [0.3, 0.4) is 0 Å².